The molecule has 6 nitrogen and oxygen atoms in total. The molecular formula is C30H27ClN2O4S. The van der Waals surface area contributed by atoms with E-state index >= 15 is 0 Å². The van der Waals surface area contributed by atoms with Crippen LogP contribution in [0.3, 0.4) is 0 Å². The SMILES string of the molecule is Cc1ccc(/C(O)=C2\C(=O)C(=O)N(c3nc4ccc(Cl)cc4s3)C2c2cccc(OCCC(C)C)c2)cc1. The van der Waals surface area contributed by atoms with Gasteiger partial charge in [-0.25, -0.2) is 4.98 Å². The van der Waals surface area contributed by atoms with Crippen molar-refractivity contribution < 1.29 is 19.4 Å². The van der Waals surface area contributed by atoms with Gasteiger partial charge in [-0.05, 0) is 55.2 Å². The summed E-state index contributed by atoms with van der Waals surface area (Å²) in [6.07, 6.45) is 0.893. The van der Waals surface area contributed by atoms with Gasteiger partial charge in [0.25, 0.3) is 5.78 Å². The number of thiazole rings is 1. The zero-order valence-electron chi connectivity index (χ0n) is 21.3. The van der Waals surface area contributed by atoms with Crippen LogP contribution in [0.15, 0.2) is 72.3 Å². The summed E-state index contributed by atoms with van der Waals surface area (Å²) in [6.45, 7) is 6.74. The van der Waals surface area contributed by atoms with E-state index in [0.29, 0.717) is 45.1 Å². The van der Waals surface area contributed by atoms with E-state index in [0.717, 1.165) is 16.7 Å². The van der Waals surface area contributed by atoms with Crippen molar-refractivity contribution in [3.05, 3.63) is 94.0 Å². The van der Waals surface area contributed by atoms with E-state index in [1.165, 1.54) is 16.2 Å². The second-order valence-electron chi connectivity index (χ2n) is 9.75. The average Bonchev–Trinajstić information content (AvgIpc) is 3.41. The van der Waals surface area contributed by atoms with Gasteiger partial charge < -0.3 is 9.84 Å². The highest BCUT2D eigenvalue weighted by Gasteiger charge is 2.48. The predicted molar refractivity (Wildman–Crippen MR) is 152 cm³/mol. The maximum Gasteiger partial charge on any atom is 0.301 e. The number of aromatic nitrogens is 1. The fourth-order valence-corrected chi connectivity index (χ4v) is 5.66. The number of hydrogen-bond donors (Lipinski definition) is 1. The lowest BCUT2D eigenvalue weighted by Crippen LogP contribution is -2.29. The molecule has 1 aliphatic rings. The average molecular weight is 547 g/mol. The molecule has 1 unspecified atom stereocenters. The first kappa shape index (κ1) is 25.9. The number of carbonyl (C=O) groups is 2. The molecule has 1 saturated heterocycles. The van der Waals surface area contributed by atoms with Crippen LogP contribution in [0.4, 0.5) is 5.13 Å². The molecule has 8 heteroatoms. The van der Waals surface area contributed by atoms with Gasteiger partial charge in [0.1, 0.15) is 11.5 Å². The Morgan fingerprint density at radius 3 is 2.61 bits per heavy atom. The summed E-state index contributed by atoms with van der Waals surface area (Å²) in [5.74, 6) is -0.630. The number of aryl methyl sites for hydroxylation is 1. The van der Waals surface area contributed by atoms with E-state index in [9.17, 15) is 14.7 Å². The Balaban J connectivity index is 1.65. The molecule has 2 heterocycles. The number of fused-ring (bicyclic) bond motifs is 1. The molecule has 1 aliphatic heterocycles. The third kappa shape index (κ3) is 5.04. The molecule has 0 aliphatic carbocycles. The van der Waals surface area contributed by atoms with Crippen molar-refractivity contribution in [1.82, 2.24) is 4.98 Å². The van der Waals surface area contributed by atoms with Crippen LogP contribution in [-0.2, 0) is 9.59 Å². The van der Waals surface area contributed by atoms with Gasteiger partial charge in [0.15, 0.2) is 5.13 Å². The van der Waals surface area contributed by atoms with Gasteiger partial charge in [-0.15, -0.1) is 0 Å². The number of amides is 1. The molecule has 0 bridgehead atoms. The van der Waals surface area contributed by atoms with Crippen LogP contribution >= 0.6 is 22.9 Å². The number of nitrogens with zero attached hydrogens (tertiary/aromatic N) is 2. The molecule has 1 N–H and O–H groups in total. The van der Waals surface area contributed by atoms with Gasteiger partial charge in [-0.2, -0.15) is 0 Å². The number of halogens is 1. The summed E-state index contributed by atoms with van der Waals surface area (Å²) in [7, 11) is 0. The Morgan fingerprint density at radius 2 is 1.87 bits per heavy atom. The number of hydrogen-bond acceptors (Lipinski definition) is 6. The van der Waals surface area contributed by atoms with Gasteiger partial charge in [-0.3, -0.25) is 14.5 Å². The number of aliphatic hydroxyl groups is 1. The van der Waals surface area contributed by atoms with Crippen LogP contribution in [0.1, 0.15) is 43.0 Å². The molecule has 0 saturated carbocycles. The lowest BCUT2D eigenvalue weighted by Gasteiger charge is -2.23. The molecule has 194 valence electrons. The lowest BCUT2D eigenvalue weighted by atomic mass is 9.95. The highest BCUT2D eigenvalue weighted by atomic mass is 35.5. The minimum atomic E-state index is -0.888. The van der Waals surface area contributed by atoms with Crippen LogP contribution in [0.2, 0.25) is 5.02 Å². The molecule has 1 fully saturated rings. The van der Waals surface area contributed by atoms with E-state index < -0.39 is 17.7 Å². The minimum absolute atomic E-state index is 0.00970. The second-order valence-corrected chi connectivity index (χ2v) is 11.2. The number of benzene rings is 3. The first-order chi connectivity index (χ1) is 18.2. The van der Waals surface area contributed by atoms with Crippen molar-refractivity contribution in [1.29, 1.82) is 0 Å². The van der Waals surface area contributed by atoms with E-state index in [4.69, 9.17) is 16.3 Å². The summed E-state index contributed by atoms with van der Waals surface area (Å²) in [5, 5.41) is 12.3. The van der Waals surface area contributed by atoms with E-state index in [2.05, 4.69) is 18.8 Å². The van der Waals surface area contributed by atoms with Gasteiger partial charge in [0.05, 0.1) is 28.4 Å². The van der Waals surface area contributed by atoms with Crippen molar-refractivity contribution in [2.75, 3.05) is 11.5 Å². The molecule has 0 radical (unpaired) electrons. The zero-order chi connectivity index (χ0) is 27.0. The number of ketones is 1. The summed E-state index contributed by atoms with van der Waals surface area (Å²) in [5.41, 5.74) is 2.78. The number of ether oxygens (including phenoxy) is 1. The third-order valence-electron chi connectivity index (χ3n) is 6.45. The molecule has 5 rings (SSSR count). The van der Waals surface area contributed by atoms with E-state index in [-0.39, 0.29) is 11.3 Å². The number of Topliss-reactive ketones (excluding diaryl/α,β-unsaturated/α-hetero) is 1. The van der Waals surface area contributed by atoms with Crippen LogP contribution in [0.5, 0.6) is 5.75 Å². The largest absolute Gasteiger partial charge is 0.507 e. The van der Waals surface area contributed by atoms with Gasteiger partial charge in [0.2, 0.25) is 0 Å². The van der Waals surface area contributed by atoms with Crippen molar-refractivity contribution >= 4 is 55.7 Å². The second kappa shape index (κ2) is 10.6. The molecule has 4 aromatic rings. The Labute approximate surface area is 230 Å². The molecule has 1 atom stereocenters. The minimum Gasteiger partial charge on any atom is -0.507 e. The standard InChI is InChI=1S/C30H27ClN2O4S/c1-17(2)13-14-37-22-6-4-5-20(15-22)26-25(27(34)19-9-7-18(3)8-10-19)28(35)29(36)33(26)30-32-23-12-11-21(31)16-24(23)38-30/h4-12,15-17,26,34H,13-14H2,1-3H3/b27-25+. The van der Waals surface area contributed by atoms with Crippen molar-refractivity contribution in [2.45, 2.75) is 33.2 Å². The quantitative estimate of drug-likeness (QED) is 0.149. The highest BCUT2D eigenvalue weighted by molar-refractivity contribution is 7.22. The fraction of sp³-hybridized carbons (Fsp3) is 0.233. The number of rotatable bonds is 7. The topological polar surface area (TPSA) is 79.7 Å². The normalized spacial score (nSPS) is 17.1. The van der Waals surface area contributed by atoms with Gasteiger partial charge >= 0.3 is 5.91 Å². The molecule has 38 heavy (non-hydrogen) atoms. The predicted octanol–water partition coefficient (Wildman–Crippen LogP) is 7.31. The Morgan fingerprint density at radius 1 is 1.11 bits per heavy atom. The fourth-order valence-electron chi connectivity index (χ4n) is 4.39. The third-order valence-corrected chi connectivity index (χ3v) is 7.71. The Kier molecular flexibility index (Phi) is 7.23. The molecule has 0 spiro atoms. The summed E-state index contributed by atoms with van der Waals surface area (Å²) < 4.78 is 6.76. The Hall–Kier alpha value is -3.68. The molecular weight excluding hydrogens is 520 g/mol. The first-order valence-corrected chi connectivity index (χ1v) is 13.6. The number of anilines is 1. The summed E-state index contributed by atoms with van der Waals surface area (Å²) in [6, 6.07) is 18.9. The van der Waals surface area contributed by atoms with Crippen LogP contribution < -0.4 is 9.64 Å². The van der Waals surface area contributed by atoms with Crippen LogP contribution in [0, 0.1) is 12.8 Å². The van der Waals surface area contributed by atoms with Crippen LogP contribution in [0.25, 0.3) is 16.0 Å². The Bertz CT molecular complexity index is 1560. The summed E-state index contributed by atoms with van der Waals surface area (Å²) in [4.78, 5) is 33.0. The van der Waals surface area contributed by atoms with E-state index in [1.54, 1.807) is 30.3 Å². The molecule has 1 aromatic heterocycles. The maximum atomic E-state index is 13.5. The van der Waals surface area contributed by atoms with Crippen molar-refractivity contribution in [3.8, 4) is 5.75 Å². The molecule has 3 aromatic carbocycles. The zero-order valence-corrected chi connectivity index (χ0v) is 22.8. The monoisotopic (exact) mass is 546 g/mol. The summed E-state index contributed by atoms with van der Waals surface area (Å²) >= 11 is 7.44. The number of carbonyl (C=O) groups excluding carboxylic acids is 2. The van der Waals surface area contributed by atoms with E-state index in [1.807, 2.05) is 43.3 Å². The van der Waals surface area contributed by atoms with Crippen molar-refractivity contribution in [3.63, 3.8) is 0 Å². The number of aliphatic hydroxyl groups excluding tert-OH is 1. The molecule has 1 amide bonds. The smallest absolute Gasteiger partial charge is 0.301 e. The first-order valence-electron chi connectivity index (χ1n) is 12.4. The lowest BCUT2D eigenvalue weighted by molar-refractivity contribution is -0.132. The van der Waals surface area contributed by atoms with Crippen molar-refractivity contribution in [2.24, 2.45) is 5.92 Å². The van der Waals surface area contributed by atoms with Gasteiger partial charge in [-0.1, -0.05) is 78.7 Å². The van der Waals surface area contributed by atoms with Gasteiger partial charge in [0, 0.05) is 10.6 Å². The maximum absolute atomic E-state index is 13.5. The highest BCUT2D eigenvalue weighted by Crippen LogP contribution is 2.45. The van der Waals surface area contributed by atoms with Crippen LogP contribution in [-0.4, -0.2) is 28.4 Å².